The molecule has 14 heavy (non-hydrogen) atoms. The highest BCUT2D eigenvalue weighted by molar-refractivity contribution is 4.84. The van der Waals surface area contributed by atoms with Crippen LogP contribution in [0.25, 0.3) is 0 Å². The van der Waals surface area contributed by atoms with Gasteiger partial charge in [-0.2, -0.15) is 13.2 Å². The second-order valence-corrected chi connectivity index (χ2v) is 3.68. The summed E-state index contributed by atoms with van der Waals surface area (Å²) in [6.45, 7) is 0. The Hall–Kier alpha value is -0.390. The first-order chi connectivity index (χ1) is 6.22. The summed E-state index contributed by atoms with van der Waals surface area (Å²) in [5.41, 5.74) is 0. The highest BCUT2D eigenvalue weighted by atomic mass is 19.4. The molecule has 0 amide bonds. The first kappa shape index (κ1) is 11.7. The molecule has 6 heteroatoms. The third-order valence-corrected chi connectivity index (χ3v) is 2.54. The van der Waals surface area contributed by atoms with Crippen molar-refractivity contribution in [3.05, 3.63) is 0 Å². The van der Waals surface area contributed by atoms with Gasteiger partial charge in [-0.1, -0.05) is 0 Å². The average Bonchev–Trinajstić information content (AvgIpc) is 2.01. The van der Waals surface area contributed by atoms with Gasteiger partial charge in [-0.15, -0.1) is 0 Å². The lowest BCUT2D eigenvalue weighted by molar-refractivity contribution is -0.226. The molecule has 1 saturated carbocycles. The molecule has 1 aliphatic carbocycles. The summed E-state index contributed by atoms with van der Waals surface area (Å²) in [5, 5.41) is 8.81. The molecule has 0 spiro atoms. The van der Waals surface area contributed by atoms with Gasteiger partial charge in [0.05, 0.1) is 0 Å². The third kappa shape index (κ3) is 2.80. The van der Waals surface area contributed by atoms with Crippen molar-refractivity contribution in [2.45, 2.75) is 43.9 Å². The van der Waals surface area contributed by atoms with Crippen molar-refractivity contribution in [2.75, 3.05) is 0 Å². The van der Waals surface area contributed by atoms with Gasteiger partial charge < -0.3 is 5.11 Å². The Balaban J connectivity index is 2.50. The monoisotopic (exact) mass is 218 g/mol. The average molecular weight is 218 g/mol. The van der Waals surface area contributed by atoms with E-state index >= 15 is 0 Å². The Morgan fingerprint density at radius 3 is 1.93 bits per heavy atom. The van der Waals surface area contributed by atoms with Gasteiger partial charge in [0.15, 0.2) is 6.10 Å². The van der Waals surface area contributed by atoms with Crippen LogP contribution in [0.4, 0.5) is 22.0 Å². The van der Waals surface area contributed by atoms with Crippen LogP contribution in [0.15, 0.2) is 0 Å². The molecule has 0 aromatic heterocycles. The molecule has 0 heterocycles. The standard InChI is InChI=1S/C8H11F5O/c9-7(10)3-1-5(2-4-7)6(14)8(11,12)13/h5-6,14H,1-4H2/t6-/m1/s1. The molecular weight excluding hydrogens is 207 g/mol. The molecule has 0 radical (unpaired) electrons. The molecule has 0 unspecified atom stereocenters. The van der Waals surface area contributed by atoms with Crippen molar-refractivity contribution in [2.24, 2.45) is 5.92 Å². The summed E-state index contributed by atoms with van der Waals surface area (Å²) in [4.78, 5) is 0. The number of hydrogen-bond acceptors (Lipinski definition) is 1. The second-order valence-electron chi connectivity index (χ2n) is 3.68. The summed E-state index contributed by atoms with van der Waals surface area (Å²) in [7, 11) is 0. The molecule has 84 valence electrons. The largest absolute Gasteiger partial charge is 0.414 e. The van der Waals surface area contributed by atoms with Crippen LogP contribution in [0.2, 0.25) is 0 Å². The minimum absolute atomic E-state index is 0.270. The van der Waals surface area contributed by atoms with E-state index in [-0.39, 0.29) is 12.8 Å². The van der Waals surface area contributed by atoms with E-state index in [0.717, 1.165) is 0 Å². The molecule has 0 aliphatic heterocycles. The smallest absolute Gasteiger partial charge is 0.383 e. The molecule has 1 nitrogen and oxygen atoms in total. The number of aliphatic hydroxyl groups excluding tert-OH is 1. The molecular formula is C8H11F5O. The Labute approximate surface area is 77.9 Å². The number of rotatable bonds is 1. The zero-order valence-corrected chi connectivity index (χ0v) is 7.32. The van der Waals surface area contributed by atoms with E-state index in [1.54, 1.807) is 0 Å². The Morgan fingerprint density at radius 1 is 1.14 bits per heavy atom. The minimum Gasteiger partial charge on any atom is -0.383 e. The highest BCUT2D eigenvalue weighted by Gasteiger charge is 2.47. The summed E-state index contributed by atoms with van der Waals surface area (Å²) in [5.74, 6) is -3.93. The topological polar surface area (TPSA) is 20.2 Å². The number of halogens is 5. The Morgan fingerprint density at radius 2 is 1.57 bits per heavy atom. The van der Waals surface area contributed by atoms with Crippen LogP contribution in [-0.2, 0) is 0 Å². The summed E-state index contributed by atoms with van der Waals surface area (Å²) in [6, 6.07) is 0. The normalized spacial score (nSPS) is 26.1. The van der Waals surface area contributed by atoms with Gasteiger partial charge in [0.25, 0.3) is 0 Å². The van der Waals surface area contributed by atoms with Gasteiger partial charge in [0, 0.05) is 12.8 Å². The van der Waals surface area contributed by atoms with Gasteiger partial charge in [0.1, 0.15) is 0 Å². The van der Waals surface area contributed by atoms with Crippen LogP contribution < -0.4 is 0 Å². The van der Waals surface area contributed by atoms with Crippen molar-refractivity contribution in [3.8, 4) is 0 Å². The fraction of sp³-hybridized carbons (Fsp3) is 1.00. The van der Waals surface area contributed by atoms with Crippen molar-refractivity contribution in [1.82, 2.24) is 0 Å². The molecule has 1 aliphatic rings. The third-order valence-electron chi connectivity index (χ3n) is 2.54. The highest BCUT2D eigenvalue weighted by Crippen LogP contribution is 2.40. The first-order valence-electron chi connectivity index (χ1n) is 4.35. The molecule has 0 aromatic rings. The van der Waals surface area contributed by atoms with Crippen molar-refractivity contribution in [3.63, 3.8) is 0 Å². The van der Waals surface area contributed by atoms with E-state index in [1.165, 1.54) is 0 Å². The van der Waals surface area contributed by atoms with Crippen LogP contribution in [0.1, 0.15) is 25.7 Å². The molecule has 1 fully saturated rings. The van der Waals surface area contributed by atoms with Crippen molar-refractivity contribution < 1.29 is 27.1 Å². The summed E-state index contributed by atoms with van der Waals surface area (Å²) in [6.07, 6.45) is -8.83. The van der Waals surface area contributed by atoms with E-state index in [0.29, 0.717) is 0 Å². The van der Waals surface area contributed by atoms with Crippen LogP contribution in [-0.4, -0.2) is 23.3 Å². The minimum atomic E-state index is -4.70. The fourth-order valence-electron chi connectivity index (χ4n) is 1.65. The lowest BCUT2D eigenvalue weighted by atomic mass is 9.83. The number of hydrogen-bond donors (Lipinski definition) is 1. The number of alkyl halides is 5. The molecule has 0 aromatic carbocycles. The van der Waals surface area contributed by atoms with E-state index in [4.69, 9.17) is 5.11 Å². The second kappa shape index (κ2) is 3.64. The zero-order valence-electron chi connectivity index (χ0n) is 7.32. The van der Waals surface area contributed by atoms with Crippen LogP contribution >= 0.6 is 0 Å². The first-order valence-corrected chi connectivity index (χ1v) is 4.35. The molecule has 1 atom stereocenters. The maximum Gasteiger partial charge on any atom is 0.414 e. The lowest BCUT2D eigenvalue weighted by Crippen LogP contribution is -2.39. The van der Waals surface area contributed by atoms with Crippen molar-refractivity contribution >= 4 is 0 Å². The van der Waals surface area contributed by atoms with Crippen LogP contribution in [0.5, 0.6) is 0 Å². The predicted molar refractivity (Wildman–Crippen MR) is 39.0 cm³/mol. The maximum atomic E-state index is 12.6. The van der Waals surface area contributed by atoms with Gasteiger partial charge >= 0.3 is 6.18 Å². The predicted octanol–water partition coefficient (Wildman–Crippen LogP) is 2.74. The molecule has 0 saturated heterocycles. The fourth-order valence-corrected chi connectivity index (χ4v) is 1.65. The Kier molecular flexibility index (Phi) is 3.04. The van der Waals surface area contributed by atoms with Gasteiger partial charge in [-0.05, 0) is 18.8 Å². The molecule has 1 rings (SSSR count). The van der Waals surface area contributed by atoms with E-state index in [9.17, 15) is 22.0 Å². The molecule has 1 N–H and O–H groups in total. The van der Waals surface area contributed by atoms with E-state index in [2.05, 4.69) is 0 Å². The SMILES string of the molecule is O[C@H](C1CCC(F)(F)CC1)C(F)(F)F. The molecule has 0 bridgehead atoms. The van der Waals surface area contributed by atoms with E-state index < -0.39 is 37.0 Å². The van der Waals surface area contributed by atoms with E-state index in [1.807, 2.05) is 0 Å². The number of aliphatic hydroxyl groups is 1. The zero-order chi connectivity index (χ0) is 11.0. The van der Waals surface area contributed by atoms with Gasteiger partial charge in [0.2, 0.25) is 5.92 Å². The van der Waals surface area contributed by atoms with Crippen molar-refractivity contribution in [1.29, 1.82) is 0 Å². The summed E-state index contributed by atoms with van der Waals surface area (Å²) >= 11 is 0. The maximum absolute atomic E-state index is 12.6. The Bertz CT molecular complexity index is 190. The van der Waals surface area contributed by atoms with Gasteiger partial charge in [-0.25, -0.2) is 8.78 Å². The quantitative estimate of drug-likeness (QED) is 0.671. The van der Waals surface area contributed by atoms with Crippen LogP contribution in [0, 0.1) is 5.92 Å². The summed E-state index contributed by atoms with van der Waals surface area (Å²) < 4.78 is 61.1. The lowest BCUT2D eigenvalue weighted by Gasteiger charge is -2.31. The van der Waals surface area contributed by atoms with Gasteiger partial charge in [-0.3, -0.25) is 0 Å². The van der Waals surface area contributed by atoms with Crippen LogP contribution in [0.3, 0.4) is 0 Å².